The third-order valence-electron chi connectivity index (χ3n) is 5.36. The minimum absolute atomic E-state index is 0.0920. The highest BCUT2D eigenvalue weighted by Gasteiger charge is 2.34. The van der Waals surface area contributed by atoms with Crippen LogP contribution in [0.25, 0.3) is 16.8 Å². The lowest BCUT2D eigenvalue weighted by Crippen LogP contribution is -2.30. The Morgan fingerprint density at radius 2 is 1.77 bits per heavy atom. The molecular formula is C25H24N2O3S. The molecule has 1 heterocycles. The van der Waals surface area contributed by atoms with Crippen molar-refractivity contribution in [2.75, 3.05) is 20.7 Å². The predicted molar refractivity (Wildman–Crippen MR) is 127 cm³/mol. The summed E-state index contributed by atoms with van der Waals surface area (Å²) in [5, 5.41) is 2.90. The van der Waals surface area contributed by atoms with E-state index in [0.29, 0.717) is 35.5 Å². The van der Waals surface area contributed by atoms with Crippen molar-refractivity contribution in [3.05, 3.63) is 77.5 Å². The van der Waals surface area contributed by atoms with Crippen molar-refractivity contribution in [2.24, 2.45) is 0 Å². The molecule has 0 spiro atoms. The van der Waals surface area contributed by atoms with Gasteiger partial charge in [-0.15, -0.1) is 0 Å². The molecule has 4 rings (SSSR count). The molecule has 31 heavy (non-hydrogen) atoms. The molecule has 1 saturated heterocycles. The van der Waals surface area contributed by atoms with Gasteiger partial charge in [0, 0.05) is 13.6 Å². The van der Waals surface area contributed by atoms with Gasteiger partial charge in [-0.3, -0.25) is 9.69 Å². The first-order valence-electron chi connectivity index (χ1n) is 10.1. The number of nitrogens with zero attached hydrogens (tertiary/aromatic N) is 2. The quantitative estimate of drug-likeness (QED) is 0.412. The van der Waals surface area contributed by atoms with Crippen LogP contribution in [0.3, 0.4) is 0 Å². The third-order valence-corrected chi connectivity index (χ3v) is 5.85. The molecule has 0 aromatic heterocycles. The van der Waals surface area contributed by atoms with E-state index >= 15 is 0 Å². The van der Waals surface area contributed by atoms with Gasteiger partial charge < -0.3 is 14.4 Å². The minimum atomic E-state index is -0.0920. The highest BCUT2D eigenvalue weighted by atomic mass is 32.1. The number of hydrogen-bond acceptors (Lipinski definition) is 4. The van der Waals surface area contributed by atoms with Crippen molar-refractivity contribution in [3.63, 3.8) is 0 Å². The van der Waals surface area contributed by atoms with Crippen LogP contribution in [0.2, 0.25) is 0 Å². The van der Waals surface area contributed by atoms with Crippen LogP contribution in [0.5, 0.6) is 11.5 Å². The van der Waals surface area contributed by atoms with Gasteiger partial charge in [-0.1, -0.05) is 42.5 Å². The molecule has 0 unspecified atom stereocenters. The molecule has 1 aliphatic heterocycles. The normalized spacial score (nSPS) is 15.3. The maximum atomic E-state index is 12.6. The van der Waals surface area contributed by atoms with Crippen molar-refractivity contribution in [3.8, 4) is 11.5 Å². The Balaban J connectivity index is 1.54. The Morgan fingerprint density at radius 3 is 2.48 bits per heavy atom. The Bertz CT molecular complexity index is 1190. The van der Waals surface area contributed by atoms with Crippen LogP contribution in [0.15, 0.2) is 66.4 Å². The molecule has 0 aliphatic carbocycles. The number of ether oxygens (including phenoxy) is 2. The maximum absolute atomic E-state index is 12.6. The lowest BCUT2D eigenvalue weighted by molar-refractivity contribution is -0.122. The van der Waals surface area contributed by atoms with E-state index in [0.717, 1.165) is 11.1 Å². The maximum Gasteiger partial charge on any atom is 0.276 e. The molecule has 0 atom stereocenters. The summed E-state index contributed by atoms with van der Waals surface area (Å²) in [7, 11) is 3.41. The second-order valence-corrected chi connectivity index (χ2v) is 7.67. The number of fused-ring (bicyclic) bond motifs is 1. The van der Waals surface area contributed by atoms with Crippen molar-refractivity contribution in [1.29, 1.82) is 0 Å². The summed E-state index contributed by atoms with van der Waals surface area (Å²) in [4.78, 5) is 15.9. The Kier molecular flexibility index (Phi) is 5.91. The Morgan fingerprint density at radius 1 is 1.00 bits per heavy atom. The molecule has 3 aromatic rings. The molecule has 0 N–H and O–H groups in total. The van der Waals surface area contributed by atoms with Gasteiger partial charge in [-0.05, 0) is 65.3 Å². The second kappa shape index (κ2) is 8.78. The number of hydrogen-bond donors (Lipinski definition) is 0. The summed E-state index contributed by atoms with van der Waals surface area (Å²) in [6.45, 7) is 2.89. The van der Waals surface area contributed by atoms with E-state index in [4.69, 9.17) is 21.7 Å². The fourth-order valence-corrected chi connectivity index (χ4v) is 3.94. The van der Waals surface area contributed by atoms with Crippen LogP contribution in [0.1, 0.15) is 18.1 Å². The van der Waals surface area contributed by atoms with Crippen LogP contribution >= 0.6 is 12.2 Å². The van der Waals surface area contributed by atoms with Gasteiger partial charge >= 0.3 is 0 Å². The Labute approximate surface area is 187 Å². The smallest absolute Gasteiger partial charge is 0.276 e. The summed E-state index contributed by atoms with van der Waals surface area (Å²) < 4.78 is 11.6. The summed E-state index contributed by atoms with van der Waals surface area (Å²) in [6.07, 6.45) is 1.82. The van der Waals surface area contributed by atoms with Crippen molar-refractivity contribution in [2.45, 2.75) is 13.5 Å². The van der Waals surface area contributed by atoms with Gasteiger partial charge in [-0.2, -0.15) is 0 Å². The van der Waals surface area contributed by atoms with Gasteiger partial charge in [0.1, 0.15) is 12.3 Å². The van der Waals surface area contributed by atoms with Crippen molar-refractivity contribution >= 4 is 40.1 Å². The Hall–Kier alpha value is -3.38. The van der Waals surface area contributed by atoms with Gasteiger partial charge in [0.05, 0.1) is 7.11 Å². The molecule has 6 heteroatoms. The first kappa shape index (κ1) is 20.9. The van der Waals surface area contributed by atoms with Crippen LogP contribution in [0.4, 0.5) is 0 Å². The molecule has 1 aliphatic rings. The van der Waals surface area contributed by atoms with E-state index < -0.39 is 0 Å². The highest BCUT2D eigenvalue weighted by Crippen LogP contribution is 2.31. The van der Waals surface area contributed by atoms with Crippen molar-refractivity contribution in [1.82, 2.24) is 9.80 Å². The monoisotopic (exact) mass is 432 g/mol. The van der Waals surface area contributed by atoms with Gasteiger partial charge in [-0.25, -0.2) is 0 Å². The lowest BCUT2D eigenvalue weighted by Gasteiger charge is -2.14. The number of benzene rings is 3. The molecule has 3 aromatic carbocycles. The zero-order valence-electron chi connectivity index (χ0n) is 17.8. The molecular weight excluding hydrogens is 408 g/mol. The average molecular weight is 433 g/mol. The molecule has 1 fully saturated rings. The summed E-state index contributed by atoms with van der Waals surface area (Å²) in [5.74, 6) is 1.17. The third kappa shape index (κ3) is 4.11. The fraction of sp³-hybridized carbons (Fsp3) is 0.200. The number of carbonyl (C=O) groups is 1. The molecule has 5 nitrogen and oxygen atoms in total. The van der Waals surface area contributed by atoms with E-state index in [1.807, 2.05) is 43.3 Å². The zero-order valence-corrected chi connectivity index (χ0v) is 18.6. The molecule has 0 bridgehead atoms. The fourth-order valence-electron chi connectivity index (χ4n) is 3.63. The SMILES string of the molecule is CCN1C(=O)/C(=C/c2ccc(OCc3ccc4ccccc4c3)c(OC)c2)N(C)C1=S. The average Bonchev–Trinajstić information content (AvgIpc) is 3.00. The molecule has 0 radical (unpaired) electrons. The number of rotatable bonds is 6. The molecule has 0 saturated carbocycles. The highest BCUT2D eigenvalue weighted by molar-refractivity contribution is 7.80. The van der Waals surface area contributed by atoms with Crippen LogP contribution in [-0.2, 0) is 11.4 Å². The van der Waals surface area contributed by atoms with E-state index in [9.17, 15) is 4.79 Å². The van der Waals surface area contributed by atoms with Crippen molar-refractivity contribution < 1.29 is 14.3 Å². The van der Waals surface area contributed by atoms with Crippen LogP contribution in [-0.4, -0.2) is 41.5 Å². The second-order valence-electron chi connectivity index (χ2n) is 7.30. The number of amides is 1. The largest absolute Gasteiger partial charge is 0.493 e. The number of methoxy groups -OCH3 is 1. The van der Waals surface area contributed by atoms with E-state index in [-0.39, 0.29) is 5.91 Å². The van der Waals surface area contributed by atoms with Gasteiger partial charge in [0.2, 0.25) is 0 Å². The lowest BCUT2D eigenvalue weighted by atomic mass is 10.1. The molecule has 1 amide bonds. The summed E-state index contributed by atoms with van der Waals surface area (Å²) in [5.41, 5.74) is 2.46. The topological polar surface area (TPSA) is 42.0 Å². The molecule has 158 valence electrons. The van der Waals surface area contributed by atoms with Crippen LogP contribution < -0.4 is 9.47 Å². The van der Waals surface area contributed by atoms with Crippen LogP contribution in [0, 0.1) is 0 Å². The number of carbonyl (C=O) groups excluding carboxylic acids is 1. The number of likely N-dealkylation sites (N-methyl/N-ethyl adjacent to an activating group) is 2. The van der Waals surface area contributed by atoms with Gasteiger partial charge in [0.25, 0.3) is 5.91 Å². The van der Waals surface area contributed by atoms with E-state index in [1.165, 1.54) is 10.8 Å². The standard InChI is InChI=1S/C25H24N2O3S/c1-4-27-24(28)21(26(2)25(27)31)14-17-10-12-22(23(15-17)29-3)30-16-18-9-11-19-7-5-6-8-20(19)13-18/h5-15H,4,16H2,1-3H3/b21-14-. The number of thiocarbonyl (C=S) groups is 1. The summed E-state index contributed by atoms with van der Waals surface area (Å²) in [6, 6.07) is 20.2. The first-order valence-corrected chi connectivity index (χ1v) is 10.5. The summed E-state index contributed by atoms with van der Waals surface area (Å²) >= 11 is 5.36. The zero-order chi connectivity index (χ0) is 22.0. The van der Waals surface area contributed by atoms with E-state index in [2.05, 4.69) is 30.3 Å². The predicted octanol–water partition coefficient (Wildman–Crippen LogP) is 4.85. The van der Waals surface area contributed by atoms with Gasteiger partial charge in [0.15, 0.2) is 16.6 Å². The first-order chi connectivity index (χ1) is 15.0. The minimum Gasteiger partial charge on any atom is -0.493 e. The van der Waals surface area contributed by atoms with E-state index in [1.54, 1.807) is 24.0 Å².